The summed E-state index contributed by atoms with van der Waals surface area (Å²) >= 11 is 0. The lowest BCUT2D eigenvalue weighted by atomic mass is 9.85. The Labute approximate surface area is 104 Å². The second kappa shape index (κ2) is 5.65. The van der Waals surface area contributed by atoms with Gasteiger partial charge in [0, 0.05) is 24.8 Å². The minimum Gasteiger partial charge on any atom is -0.319 e. The molecular formula is C13H24N4. The standard InChI is InChI=1S/C13H24N4/c1-4-17-7-5-6-11(8-14-2)13(17)12-9-15-16(3)10-12/h9-11,13-14H,4-8H2,1-3H3/t11-,13+/m0/s1. The Morgan fingerprint density at radius 1 is 1.53 bits per heavy atom. The molecule has 1 aromatic heterocycles. The molecule has 0 aromatic carbocycles. The molecule has 0 amide bonds. The van der Waals surface area contributed by atoms with Gasteiger partial charge in [-0.1, -0.05) is 6.92 Å². The fourth-order valence-electron chi connectivity index (χ4n) is 3.06. The van der Waals surface area contributed by atoms with Crippen LogP contribution in [0.15, 0.2) is 12.4 Å². The van der Waals surface area contributed by atoms with E-state index in [0.717, 1.165) is 13.1 Å². The van der Waals surface area contributed by atoms with Crippen LogP contribution in [0, 0.1) is 5.92 Å². The number of piperidine rings is 1. The lowest BCUT2D eigenvalue weighted by molar-refractivity contribution is 0.0981. The molecule has 0 saturated carbocycles. The summed E-state index contributed by atoms with van der Waals surface area (Å²) in [6, 6.07) is 0.537. The van der Waals surface area contributed by atoms with Gasteiger partial charge in [-0.2, -0.15) is 5.10 Å². The van der Waals surface area contributed by atoms with Gasteiger partial charge in [-0.25, -0.2) is 0 Å². The van der Waals surface area contributed by atoms with Crippen molar-refractivity contribution in [2.45, 2.75) is 25.8 Å². The van der Waals surface area contributed by atoms with Crippen molar-refractivity contribution in [3.63, 3.8) is 0 Å². The average molecular weight is 236 g/mol. The summed E-state index contributed by atoms with van der Waals surface area (Å²) in [6.07, 6.45) is 6.83. The van der Waals surface area contributed by atoms with Gasteiger partial charge in [-0.15, -0.1) is 0 Å². The van der Waals surface area contributed by atoms with Crippen LogP contribution in [0.5, 0.6) is 0 Å². The van der Waals surface area contributed by atoms with Gasteiger partial charge < -0.3 is 5.32 Å². The molecule has 17 heavy (non-hydrogen) atoms. The summed E-state index contributed by atoms with van der Waals surface area (Å²) in [6.45, 7) is 5.69. The molecule has 1 fully saturated rings. The lowest BCUT2D eigenvalue weighted by Gasteiger charge is -2.40. The fraction of sp³-hybridized carbons (Fsp3) is 0.769. The first-order valence-electron chi connectivity index (χ1n) is 6.63. The Hall–Kier alpha value is -0.870. The van der Waals surface area contributed by atoms with Gasteiger partial charge in [0.05, 0.1) is 6.20 Å². The van der Waals surface area contributed by atoms with Crippen molar-refractivity contribution in [1.29, 1.82) is 0 Å². The zero-order chi connectivity index (χ0) is 12.3. The molecule has 96 valence electrons. The van der Waals surface area contributed by atoms with Gasteiger partial charge in [0.15, 0.2) is 0 Å². The van der Waals surface area contributed by atoms with Gasteiger partial charge in [0.1, 0.15) is 0 Å². The summed E-state index contributed by atoms with van der Waals surface area (Å²) in [7, 11) is 4.04. The van der Waals surface area contributed by atoms with E-state index in [9.17, 15) is 0 Å². The van der Waals surface area contributed by atoms with Crippen molar-refractivity contribution in [3.05, 3.63) is 18.0 Å². The number of rotatable bonds is 4. The largest absolute Gasteiger partial charge is 0.319 e. The molecule has 1 saturated heterocycles. The van der Waals surface area contributed by atoms with Crippen molar-refractivity contribution in [2.24, 2.45) is 13.0 Å². The fourth-order valence-corrected chi connectivity index (χ4v) is 3.06. The molecule has 4 heteroatoms. The monoisotopic (exact) mass is 236 g/mol. The summed E-state index contributed by atoms with van der Waals surface area (Å²) in [5, 5.41) is 7.66. The minimum absolute atomic E-state index is 0.537. The highest BCUT2D eigenvalue weighted by atomic mass is 15.3. The second-order valence-electron chi connectivity index (χ2n) is 4.98. The van der Waals surface area contributed by atoms with Crippen LogP contribution in [0.3, 0.4) is 0 Å². The predicted molar refractivity (Wildman–Crippen MR) is 69.8 cm³/mol. The number of nitrogens with one attached hydrogen (secondary N) is 1. The Morgan fingerprint density at radius 2 is 2.35 bits per heavy atom. The maximum absolute atomic E-state index is 4.32. The van der Waals surface area contributed by atoms with Crippen LogP contribution in [0.25, 0.3) is 0 Å². The SMILES string of the molecule is CCN1CCC[C@@H](CNC)[C@@H]1c1cnn(C)c1. The average Bonchev–Trinajstić information content (AvgIpc) is 2.75. The summed E-state index contributed by atoms with van der Waals surface area (Å²) in [5.74, 6) is 0.706. The maximum Gasteiger partial charge on any atom is 0.0537 e. The Bertz CT molecular complexity index is 345. The van der Waals surface area contributed by atoms with E-state index in [1.807, 2.05) is 25.0 Å². The molecule has 1 aromatic rings. The van der Waals surface area contributed by atoms with Crippen molar-refractivity contribution in [2.75, 3.05) is 26.7 Å². The van der Waals surface area contributed by atoms with Gasteiger partial charge in [0.2, 0.25) is 0 Å². The van der Waals surface area contributed by atoms with Crippen LogP contribution in [0.1, 0.15) is 31.4 Å². The Kier molecular flexibility index (Phi) is 4.18. The van der Waals surface area contributed by atoms with Crippen LogP contribution >= 0.6 is 0 Å². The van der Waals surface area contributed by atoms with E-state index in [0.29, 0.717) is 12.0 Å². The quantitative estimate of drug-likeness (QED) is 0.858. The molecule has 1 N–H and O–H groups in total. The highest BCUT2D eigenvalue weighted by Gasteiger charge is 2.31. The van der Waals surface area contributed by atoms with Crippen molar-refractivity contribution in [3.8, 4) is 0 Å². The lowest BCUT2D eigenvalue weighted by Crippen LogP contribution is -2.41. The first-order valence-corrected chi connectivity index (χ1v) is 6.63. The van der Waals surface area contributed by atoms with Crippen LogP contribution in [0.4, 0.5) is 0 Å². The molecule has 0 bridgehead atoms. The molecule has 0 aliphatic carbocycles. The Morgan fingerprint density at radius 3 is 2.94 bits per heavy atom. The van der Waals surface area contributed by atoms with E-state index in [-0.39, 0.29) is 0 Å². The first-order chi connectivity index (χ1) is 8.26. The third-order valence-electron chi connectivity index (χ3n) is 3.80. The molecule has 0 spiro atoms. The summed E-state index contributed by atoms with van der Waals surface area (Å²) in [5.41, 5.74) is 1.37. The second-order valence-corrected chi connectivity index (χ2v) is 4.98. The topological polar surface area (TPSA) is 33.1 Å². The number of aromatic nitrogens is 2. The van der Waals surface area contributed by atoms with Gasteiger partial charge in [0.25, 0.3) is 0 Å². The highest BCUT2D eigenvalue weighted by Crippen LogP contribution is 2.35. The zero-order valence-electron chi connectivity index (χ0n) is 11.2. The Balaban J connectivity index is 2.21. The van der Waals surface area contributed by atoms with E-state index in [1.54, 1.807) is 0 Å². The number of hydrogen-bond acceptors (Lipinski definition) is 3. The highest BCUT2D eigenvalue weighted by molar-refractivity contribution is 5.13. The normalized spacial score (nSPS) is 26.3. The zero-order valence-corrected chi connectivity index (χ0v) is 11.2. The maximum atomic E-state index is 4.32. The predicted octanol–water partition coefficient (Wildman–Crippen LogP) is 1.41. The van der Waals surface area contributed by atoms with Crippen LogP contribution in [-0.4, -0.2) is 41.4 Å². The summed E-state index contributed by atoms with van der Waals surface area (Å²) in [4.78, 5) is 2.59. The first kappa shape index (κ1) is 12.6. The number of aryl methyl sites for hydroxylation is 1. The molecule has 2 atom stereocenters. The van der Waals surface area contributed by atoms with Crippen molar-refractivity contribution in [1.82, 2.24) is 20.0 Å². The molecule has 4 nitrogen and oxygen atoms in total. The van der Waals surface area contributed by atoms with Gasteiger partial charge in [-0.05, 0) is 45.4 Å². The van der Waals surface area contributed by atoms with Crippen LogP contribution in [0.2, 0.25) is 0 Å². The molecule has 0 radical (unpaired) electrons. The van der Waals surface area contributed by atoms with E-state index in [2.05, 4.69) is 28.4 Å². The smallest absolute Gasteiger partial charge is 0.0537 e. The minimum atomic E-state index is 0.537. The van der Waals surface area contributed by atoms with Crippen LogP contribution < -0.4 is 5.32 Å². The molecule has 1 aliphatic heterocycles. The van der Waals surface area contributed by atoms with Crippen molar-refractivity contribution < 1.29 is 0 Å². The van der Waals surface area contributed by atoms with E-state index in [1.165, 1.54) is 24.9 Å². The molecular weight excluding hydrogens is 212 g/mol. The number of likely N-dealkylation sites (tertiary alicyclic amines) is 1. The van der Waals surface area contributed by atoms with Gasteiger partial charge in [-0.3, -0.25) is 9.58 Å². The third-order valence-corrected chi connectivity index (χ3v) is 3.80. The molecule has 2 rings (SSSR count). The molecule has 1 aliphatic rings. The molecule has 0 unspecified atom stereocenters. The van der Waals surface area contributed by atoms with E-state index in [4.69, 9.17) is 0 Å². The van der Waals surface area contributed by atoms with E-state index >= 15 is 0 Å². The van der Waals surface area contributed by atoms with Crippen molar-refractivity contribution >= 4 is 0 Å². The number of hydrogen-bond donors (Lipinski definition) is 1. The molecule has 2 heterocycles. The van der Waals surface area contributed by atoms with Crippen LogP contribution in [-0.2, 0) is 7.05 Å². The summed E-state index contributed by atoms with van der Waals surface area (Å²) < 4.78 is 1.91. The number of nitrogens with zero attached hydrogens (tertiary/aromatic N) is 3. The third kappa shape index (κ3) is 2.69. The van der Waals surface area contributed by atoms with Gasteiger partial charge >= 0.3 is 0 Å². The van der Waals surface area contributed by atoms with E-state index < -0.39 is 0 Å².